The highest BCUT2D eigenvalue weighted by atomic mass is 32.2. The summed E-state index contributed by atoms with van der Waals surface area (Å²) in [5, 5.41) is 3.75. The van der Waals surface area contributed by atoms with Crippen molar-refractivity contribution in [1.29, 1.82) is 0 Å². The number of sulfonamides is 1. The van der Waals surface area contributed by atoms with Crippen molar-refractivity contribution in [3.8, 4) is 17.1 Å². The summed E-state index contributed by atoms with van der Waals surface area (Å²) in [7, 11) is -3.72. The number of anilines is 1. The zero-order chi connectivity index (χ0) is 16.7. The van der Waals surface area contributed by atoms with Gasteiger partial charge in [0.05, 0.1) is 22.2 Å². The Bertz CT molecular complexity index is 1020. The van der Waals surface area contributed by atoms with Gasteiger partial charge in [0.15, 0.2) is 5.76 Å². The van der Waals surface area contributed by atoms with Crippen LogP contribution in [-0.2, 0) is 16.6 Å². The first-order chi connectivity index (χ1) is 11.5. The van der Waals surface area contributed by atoms with E-state index < -0.39 is 10.0 Å². The van der Waals surface area contributed by atoms with Gasteiger partial charge >= 0.3 is 0 Å². The molecule has 2 heterocycles. The Hall–Kier alpha value is -2.80. The van der Waals surface area contributed by atoms with E-state index in [0.29, 0.717) is 29.4 Å². The van der Waals surface area contributed by atoms with Crippen LogP contribution in [-0.4, -0.2) is 13.6 Å². The van der Waals surface area contributed by atoms with Gasteiger partial charge in [-0.3, -0.25) is 4.72 Å². The number of nitrogens with zero attached hydrogens (tertiary/aromatic N) is 1. The van der Waals surface area contributed by atoms with Crippen LogP contribution >= 0.6 is 0 Å². The Labute approximate surface area is 139 Å². The average molecular weight is 342 g/mol. The van der Waals surface area contributed by atoms with Gasteiger partial charge in [-0.25, -0.2) is 8.42 Å². The topological polar surface area (TPSA) is 81.4 Å². The van der Waals surface area contributed by atoms with Crippen LogP contribution in [0.2, 0.25) is 0 Å². The molecule has 0 spiro atoms. The number of ether oxygens (including phenoxy) is 1. The molecule has 4 rings (SSSR count). The molecular formula is C17H14N2O4S. The smallest absolute Gasteiger partial charge is 0.261 e. The maximum Gasteiger partial charge on any atom is 0.261 e. The molecule has 1 aromatic heterocycles. The van der Waals surface area contributed by atoms with E-state index in [1.807, 2.05) is 13.0 Å². The van der Waals surface area contributed by atoms with Crippen molar-refractivity contribution in [2.75, 3.05) is 4.72 Å². The molecule has 122 valence electrons. The Morgan fingerprint density at radius 1 is 1.17 bits per heavy atom. The van der Waals surface area contributed by atoms with Gasteiger partial charge in [-0.2, -0.15) is 0 Å². The summed E-state index contributed by atoms with van der Waals surface area (Å²) in [6, 6.07) is 11.9. The van der Waals surface area contributed by atoms with Crippen molar-refractivity contribution < 1.29 is 17.7 Å². The summed E-state index contributed by atoms with van der Waals surface area (Å²) in [5.74, 6) is 1.12. The number of fused-ring (bicyclic) bond motifs is 3. The van der Waals surface area contributed by atoms with Crippen LogP contribution in [0.15, 0.2) is 58.1 Å². The Morgan fingerprint density at radius 3 is 2.88 bits per heavy atom. The van der Waals surface area contributed by atoms with Gasteiger partial charge in [0.25, 0.3) is 10.0 Å². The molecule has 0 bridgehead atoms. The fourth-order valence-electron chi connectivity index (χ4n) is 2.64. The van der Waals surface area contributed by atoms with Crippen molar-refractivity contribution in [2.45, 2.75) is 18.4 Å². The molecule has 0 amide bonds. The number of benzene rings is 2. The molecule has 0 radical (unpaired) electrons. The molecule has 6 nitrogen and oxygen atoms in total. The van der Waals surface area contributed by atoms with Crippen molar-refractivity contribution in [2.24, 2.45) is 0 Å². The molecule has 0 aliphatic carbocycles. The molecule has 3 aromatic rings. The first kappa shape index (κ1) is 14.8. The molecule has 1 aliphatic heterocycles. The van der Waals surface area contributed by atoms with Crippen molar-refractivity contribution in [3.05, 3.63) is 59.8 Å². The minimum Gasteiger partial charge on any atom is -0.488 e. The fraction of sp³-hybridized carbons (Fsp3) is 0.118. The third-order valence-electron chi connectivity index (χ3n) is 3.80. The highest BCUT2D eigenvalue weighted by molar-refractivity contribution is 7.92. The second-order valence-electron chi connectivity index (χ2n) is 5.60. The van der Waals surface area contributed by atoms with E-state index in [-0.39, 0.29) is 4.90 Å². The van der Waals surface area contributed by atoms with Gasteiger partial charge in [0, 0.05) is 5.69 Å². The van der Waals surface area contributed by atoms with Crippen LogP contribution in [0.1, 0.15) is 11.1 Å². The zero-order valence-corrected chi connectivity index (χ0v) is 13.6. The van der Waals surface area contributed by atoms with E-state index in [1.54, 1.807) is 30.5 Å². The summed E-state index contributed by atoms with van der Waals surface area (Å²) in [6.45, 7) is 2.26. The van der Waals surface area contributed by atoms with Crippen LogP contribution in [0.5, 0.6) is 5.75 Å². The van der Waals surface area contributed by atoms with Gasteiger partial charge in [-0.05, 0) is 42.8 Å². The van der Waals surface area contributed by atoms with E-state index in [1.165, 1.54) is 12.1 Å². The monoisotopic (exact) mass is 342 g/mol. The lowest BCUT2D eigenvalue weighted by Gasteiger charge is -2.17. The van der Waals surface area contributed by atoms with Gasteiger partial charge < -0.3 is 9.26 Å². The first-order valence-electron chi connectivity index (χ1n) is 7.33. The predicted molar refractivity (Wildman–Crippen MR) is 88.3 cm³/mol. The molecule has 0 unspecified atom stereocenters. The molecule has 0 atom stereocenters. The lowest BCUT2D eigenvalue weighted by molar-refractivity contribution is 0.297. The maximum absolute atomic E-state index is 12.7. The maximum atomic E-state index is 12.7. The quantitative estimate of drug-likeness (QED) is 0.789. The Morgan fingerprint density at radius 2 is 2.04 bits per heavy atom. The molecule has 1 aliphatic rings. The van der Waals surface area contributed by atoms with E-state index in [0.717, 1.165) is 11.1 Å². The van der Waals surface area contributed by atoms with E-state index in [4.69, 9.17) is 9.26 Å². The third kappa shape index (κ3) is 2.52. The number of hydrogen-bond donors (Lipinski definition) is 1. The van der Waals surface area contributed by atoms with Crippen LogP contribution in [0, 0.1) is 6.92 Å². The zero-order valence-electron chi connectivity index (χ0n) is 12.8. The number of nitrogens with one attached hydrogen (secondary N) is 1. The molecule has 24 heavy (non-hydrogen) atoms. The summed E-state index contributed by atoms with van der Waals surface area (Å²) < 4.78 is 38.7. The minimum atomic E-state index is -3.72. The Kier molecular flexibility index (Phi) is 3.31. The average Bonchev–Trinajstić information content (AvgIpc) is 3.03. The first-order valence-corrected chi connectivity index (χ1v) is 8.81. The highest BCUT2D eigenvalue weighted by Crippen LogP contribution is 2.38. The molecule has 0 saturated carbocycles. The van der Waals surface area contributed by atoms with Gasteiger partial charge in [-0.1, -0.05) is 17.3 Å². The van der Waals surface area contributed by atoms with Crippen molar-refractivity contribution in [3.63, 3.8) is 0 Å². The second-order valence-corrected chi connectivity index (χ2v) is 7.28. The van der Waals surface area contributed by atoms with Gasteiger partial charge in [0.2, 0.25) is 0 Å². The summed E-state index contributed by atoms with van der Waals surface area (Å²) in [4.78, 5) is 0.135. The largest absolute Gasteiger partial charge is 0.488 e. The molecule has 2 aromatic carbocycles. The lowest BCUT2D eigenvalue weighted by Crippen LogP contribution is -2.13. The van der Waals surface area contributed by atoms with Crippen LogP contribution in [0.3, 0.4) is 0 Å². The van der Waals surface area contributed by atoms with E-state index in [2.05, 4.69) is 9.88 Å². The standard InChI is InChI=1S/C17H14N2O4S/c1-11-3-2-4-13(7-11)19-24(20,21)14-5-6-16-15(8-14)17-12(10-22-16)9-18-23-17/h2-9,19H,10H2,1H3. The SMILES string of the molecule is Cc1cccc(NS(=O)(=O)c2ccc3c(c2)-c2oncc2CO3)c1. The number of rotatable bonds is 3. The van der Waals surface area contributed by atoms with Crippen molar-refractivity contribution in [1.82, 2.24) is 5.16 Å². The molecule has 7 heteroatoms. The van der Waals surface area contributed by atoms with Gasteiger partial charge in [0.1, 0.15) is 12.4 Å². The lowest BCUT2D eigenvalue weighted by atomic mass is 10.1. The van der Waals surface area contributed by atoms with Crippen LogP contribution in [0.25, 0.3) is 11.3 Å². The van der Waals surface area contributed by atoms with E-state index >= 15 is 0 Å². The normalized spacial score (nSPS) is 12.9. The fourth-order valence-corrected chi connectivity index (χ4v) is 3.72. The van der Waals surface area contributed by atoms with Crippen LogP contribution < -0.4 is 9.46 Å². The highest BCUT2D eigenvalue weighted by Gasteiger charge is 2.24. The predicted octanol–water partition coefficient (Wildman–Crippen LogP) is 3.34. The summed E-state index contributed by atoms with van der Waals surface area (Å²) in [6.07, 6.45) is 1.57. The van der Waals surface area contributed by atoms with Gasteiger partial charge in [-0.15, -0.1) is 0 Å². The number of hydrogen-bond acceptors (Lipinski definition) is 5. The second kappa shape index (κ2) is 5.38. The summed E-state index contributed by atoms with van der Waals surface area (Å²) in [5.41, 5.74) is 2.87. The van der Waals surface area contributed by atoms with E-state index in [9.17, 15) is 8.42 Å². The minimum absolute atomic E-state index is 0.135. The third-order valence-corrected chi connectivity index (χ3v) is 5.18. The molecule has 0 saturated heterocycles. The molecule has 1 N–H and O–H groups in total. The molecule has 0 fully saturated rings. The van der Waals surface area contributed by atoms with Crippen LogP contribution in [0.4, 0.5) is 5.69 Å². The Balaban J connectivity index is 1.74. The van der Waals surface area contributed by atoms with Crippen molar-refractivity contribution >= 4 is 15.7 Å². The summed E-state index contributed by atoms with van der Waals surface area (Å²) >= 11 is 0. The number of aryl methyl sites for hydroxylation is 1. The molecular weight excluding hydrogens is 328 g/mol. The number of aromatic nitrogens is 1.